The minimum atomic E-state index is -0.250. The van der Waals surface area contributed by atoms with E-state index in [9.17, 15) is 0 Å². The molecular weight excluding hydrogens is 737 g/mol. The lowest BCUT2D eigenvalue weighted by atomic mass is 9.37. The zero-order valence-corrected chi connectivity index (χ0v) is 37.5. The number of ether oxygens (including phenoxy) is 2. The molecule has 59 heavy (non-hydrogen) atoms. The molecule has 0 saturated heterocycles. The first-order chi connectivity index (χ1) is 27.8. The van der Waals surface area contributed by atoms with Crippen molar-refractivity contribution in [1.82, 2.24) is 0 Å². The van der Waals surface area contributed by atoms with E-state index in [1.165, 1.54) is 59.3 Å². The van der Waals surface area contributed by atoms with E-state index in [-0.39, 0.29) is 28.4 Å². The van der Waals surface area contributed by atoms with Crippen molar-refractivity contribution in [3.8, 4) is 34.1 Å². The van der Waals surface area contributed by atoms with Crippen molar-refractivity contribution >= 4 is 60.9 Å². The van der Waals surface area contributed by atoms with Crippen LogP contribution < -0.4 is 30.1 Å². The zero-order chi connectivity index (χ0) is 41.6. The number of thiophene rings is 1. The summed E-state index contributed by atoms with van der Waals surface area (Å²) in [7, 11) is 0. The van der Waals surface area contributed by atoms with E-state index in [4.69, 9.17) is 9.47 Å². The van der Waals surface area contributed by atoms with E-state index < -0.39 is 0 Å². The van der Waals surface area contributed by atoms with E-state index in [1.54, 1.807) is 0 Å². The second-order valence-corrected chi connectivity index (χ2v) is 21.8. The average molecular weight is 792 g/mol. The fourth-order valence-electron chi connectivity index (χ4n) is 9.68. The summed E-state index contributed by atoms with van der Waals surface area (Å²) in [5.41, 5.74) is 15.6. The van der Waals surface area contributed by atoms with Gasteiger partial charge in [-0.1, -0.05) is 137 Å². The van der Waals surface area contributed by atoms with Crippen LogP contribution in [0.25, 0.3) is 21.2 Å². The molecule has 0 saturated carbocycles. The second-order valence-electron chi connectivity index (χ2n) is 20.7. The Morgan fingerprint density at radius 2 is 1.14 bits per heavy atom. The lowest BCUT2D eigenvalue weighted by molar-refractivity contribution is 0.467. The van der Waals surface area contributed by atoms with E-state index in [1.807, 2.05) is 11.3 Å². The highest BCUT2D eigenvalue weighted by Gasteiger charge is 2.48. The standard InChI is InChI=1S/C54H54BNO2S/c1-31-27-42-46-43(28-31)58-49-41(55(46)50-48(57-42)38-29-34(53(8,9)10)21-26-44(38)59-50)30-40-45(37-15-13-14-16-39(37)54(40,11)12)47(49)56(35-22-17-32(18-23-35)51(2,3)4)36-24-19-33(20-25-36)52(5,6)7/h13-30H,1-12H3. The Hall–Kier alpha value is -5.26. The number of fused-ring (bicyclic) bond motifs is 9. The first-order valence-corrected chi connectivity index (χ1v) is 22.0. The molecule has 0 fully saturated rings. The van der Waals surface area contributed by atoms with Crippen LogP contribution in [0.15, 0.2) is 109 Å². The van der Waals surface area contributed by atoms with Crippen LogP contribution in [0.2, 0.25) is 0 Å². The van der Waals surface area contributed by atoms with Crippen molar-refractivity contribution in [3.63, 3.8) is 0 Å². The molecule has 0 N–H and O–H groups in total. The average Bonchev–Trinajstić information content (AvgIpc) is 3.65. The van der Waals surface area contributed by atoms with Crippen molar-refractivity contribution in [3.05, 3.63) is 143 Å². The largest absolute Gasteiger partial charge is 0.457 e. The number of anilines is 3. The first kappa shape index (κ1) is 38.0. The molecule has 3 heterocycles. The summed E-state index contributed by atoms with van der Waals surface area (Å²) in [6.45, 7) is 27.4. The van der Waals surface area contributed by atoms with Gasteiger partial charge in [-0.15, -0.1) is 11.3 Å². The molecule has 2 aliphatic heterocycles. The highest BCUT2D eigenvalue weighted by Crippen LogP contribution is 2.58. The van der Waals surface area contributed by atoms with Crippen molar-refractivity contribution in [1.29, 1.82) is 0 Å². The van der Waals surface area contributed by atoms with Gasteiger partial charge >= 0.3 is 0 Å². The van der Waals surface area contributed by atoms with E-state index >= 15 is 0 Å². The molecular formula is C54H54BNO2S. The first-order valence-electron chi connectivity index (χ1n) is 21.2. The molecule has 5 heteroatoms. The number of hydrogen-bond donors (Lipinski definition) is 0. The lowest BCUT2D eigenvalue weighted by Crippen LogP contribution is -2.56. The fourth-order valence-corrected chi connectivity index (χ4v) is 10.9. The third-order valence-corrected chi connectivity index (χ3v) is 14.3. The van der Waals surface area contributed by atoms with E-state index in [0.717, 1.165) is 51.1 Å². The number of hydrogen-bond acceptors (Lipinski definition) is 4. The van der Waals surface area contributed by atoms with Gasteiger partial charge in [-0.2, -0.15) is 0 Å². The molecule has 0 bridgehead atoms. The Balaban J connectivity index is 1.32. The maximum atomic E-state index is 7.46. The molecule has 1 aliphatic carbocycles. The van der Waals surface area contributed by atoms with Gasteiger partial charge in [-0.3, -0.25) is 0 Å². The van der Waals surface area contributed by atoms with Crippen LogP contribution in [0, 0.1) is 6.92 Å². The highest BCUT2D eigenvalue weighted by molar-refractivity contribution is 7.33. The predicted octanol–water partition coefficient (Wildman–Crippen LogP) is 13.6. The molecule has 3 aliphatic rings. The molecule has 1 aromatic heterocycles. The molecule has 3 nitrogen and oxygen atoms in total. The summed E-state index contributed by atoms with van der Waals surface area (Å²) in [5.74, 6) is 3.65. The maximum absolute atomic E-state index is 7.46. The molecule has 7 aromatic rings. The van der Waals surface area contributed by atoms with Gasteiger partial charge in [0.15, 0.2) is 0 Å². The summed E-state index contributed by atoms with van der Waals surface area (Å²) in [6, 6.07) is 41.3. The second kappa shape index (κ2) is 12.6. The molecule has 0 amide bonds. The van der Waals surface area contributed by atoms with Crippen LogP contribution in [-0.2, 0) is 21.7 Å². The summed E-state index contributed by atoms with van der Waals surface area (Å²) in [4.78, 5) is 2.48. The third kappa shape index (κ3) is 5.82. The molecule has 0 radical (unpaired) electrons. The van der Waals surface area contributed by atoms with Gasteiger partial charge in [-0.25, -0.2) is 0 Å². The monoisotopic (exact) mass is 791 g/mol. The highest BCUT2D eigenvalue weighted by atomic mass is 32.1. The molecule has 6 aromatic carbocycles. The molecule has 0 atom stereocenters. The van der Waals surface area contributed by atoms with Gasteiger partial charge in [0.1, 0.15) is 23.0 Å². The Kier molecular flexibility index (Phi) is 8.13. The van der Waals surface area contributed by atoms with Crippen LogP contribution in [0.5, 0.6) is 23.0 Å². The summed E-state index contributed by atoms with van der Waals surface area (Å²) >= 11 is 1.87. The van der Waals surface area contributed by atoms with Crippen LogP contribution in [-0.4, -0.2) is 6.71 Å². The Morgan fingerprint density at radius 3 is 1.71 bits per heavy atom. The minimum absolute atomic E-state index is 0.0142. The predicted molar refractivity (Wildman–Crippen MR) is 253 cm³/mol. The molecule has 0 spiro atoms. The molecule has 296 valence electrons. The van der Waals surface area contributed by atoms with Gasteiger partial charge in [0.05, 0.1) is 5.69 Å². The third-order valence-electron chi connectivity index (χ3n) is 13.1. The van der Waals surface area contributed by atoms with Gasteiger partial charge in [0, 0.05) is 42.7 Å². The molecule has 10 rings (SSSR count). The SMILES string of the molecule is Cc1cc2c3c(c1)Oc1c(sc4ccc(C(C)(C)C)cc14)B3c1cc3c(c(N(c4ccc(C(C)(C)C)cc4)c4ccc(C(C)(C)C)cc4)c1O2)-c1ccccc1C3(C)C. The smallest absolute Gasteiger partial charge is 0.273 e. The van der Waals surface area contributed by atoms with Crippen molar-refractivity contribution < 1.29 is 9.47 Å². The lowest BCUT2D eigenvalue weighted by Gasteiger charge is -2.37. The van der Waals surface area contributed by atoms with Crippen LogP contribution >= 0.6 is 11.3 Å². The Labute approximate surface area is 355 Å². The van der Waals surface area contributed by atoms with Crippen LogP contribution in [0.1, 0.15) is 110 Å². The van der Waals surface area contributed by atoms with Crippen molar-refractivity contribution in [2.75, 3.05) is 4.90 Å². The fraction of sp³-hybridized carbons (Fsp3) is 0.296. The number of benzene rings is 6. The van der Waals surface area contributed by atoms with Crippen molar-refractivity contribution in [2.45, 2.75) is 105 Å². The zero-order valence-electron chi connectivity index (χ0n) is 36.6. The van der Waals surface area contributed by atoms with Gasteiger partial charge in [0.2, 0.25) is 0 Å². The Bertz CT molecular complexity index is 2800. The summed E-state index contributed by atoms with van der Waals surface area (Å²) in [5, 5.41) is 1.19. The van der Waals surface area contributed by atoms with E-state index in [2.05, 4.69) is 197 Å². The van der Waals surface area contributed by atoms with Gasteiger partial charge < -0.3 is 14.4 Å². The van der Waals surface area contributed by atoms with Crippen LogP contribution in [0.4, 0.5) is 17.1 Å². The maximum Gasteiger partial charge on any atom is 0.273 e. The van der Waals surface area contributed by atoms with E-state index in [0.29, 0.717) is 0 Å². The number of nitrogens with zero attached hydrogens (tertiary/aromatic N) is 1. The van der Waals surface area contributed by atoms with Crippen LogP contribution in [0.3, 0.4) is 0 Å². The normalized spacial score (nSPS) is 14.8. The molecule has 0 unspecified atom stereocenters. The summed E-state index contributed by atoms with van der Waals surface area (Å²) in [6.07, 6.45) is 0. The van der Waals surface area contributed by atoms with Gasteiger partial charge in [0.25, 0.3) is 6.71 Å². The quantitative estimate of drug-likeness (QED) is 0.166. The minimum Gasteiger partial charge on any atom is -0.457 e. The summed E-state index contributed by atoms with van der Waals surface area (Å²) < 4.78 is 17.0. The number of aryl methyl sites for hydroxylation is 1. The van der Waals surface area contributed by atoms with Gasteiger partial charge in [-0.05, 0) is 116 Å². The number of rotatable bonds is 3. The Morgan fingerprint density at radius 1 is 0.593 bits per heavy atom. The topological polar surface area (TPSA) is 21.7 Å². The van der Waals surface area contributed by atoms with Crippen molar-refractivity contribution in [2.24, 2.45) is 0 Å².